The predicted octanol–water partition coefficient (Wildman–Crippen LogP) is 2.19. The summed E-state index contributed by atoms with van der Waals surface area (Å²) in [6.07, 6.45) is 0.922. The van der Waals surface area contributed by atoms with Gasteiger partial charge in [0.25, 0.3) is 0 Å². The molecule has 5 nitrogen and oxygen atoms in total. The molecule has 1 aromatic heterocycles. The lowest BCUT2D eigenvalue weighted by Gasteiger charge is -2.20. The van der Waals surface area contributed by atoms with E-state index in [9.17, 15) is 4.79 Å². The molecule has 0 spiro atoms. The van der Waals surface area contributed by atoms with Gasteiger partial charge in [0.15, 0.2) is 4.34 Å². The Labute approximate surface area is 125 Å². The quantitative estimate of drug-likeness (QED) is 0.880. The Morgan fingerprint density at radius 3 is 3.00 bits per heavy atom. The largest absolute Gasteiger partial charge is 0.374 e. The molecule has 0 aliphatic carbocycles. The van der Waals surface area contributed by atoms with Gasteiger partial charge >= 0.3 is 0 Å². The van der Waals surface area contributed by atoms with Crippen LogP contribution in [0.2, 0.25) is 0 Å². The number of hydrogen-bond donors (Lipinski definition) is 1. The maximum atomic E-state index is 12.5. The summed E-state index contributed by atoms with van der Waals surface area (Å²) in [5, 5.41) is 7.94. The summed E-state index contributed by atoms with van der Waals surface area (Å²) in [5.41, 5.74) is 7.82. The van der Waals surface area contributed by atoms with Crippen molar-refractivity contribution in [2.45, 2.75) is 22.9 Å². The molecule has 0 radical (unpaired) electrons. The minimum atomic E-state index is -0.200. The number of carbonyl (C=O) groups is 1. The van der Waals surface area contributed by atoms with Gasteiger partial charge in [-0.2, -0.15) is 0 Å². The van der Waals surface area contributed by atoms with Crippen LogP contribution < -0.4 is 10.6 Å². The Bertz CT molecular complexity index is 643. The van der Waals surface area contributed by atoms with E-state index in [1.165, 1.54) is 28.7 Å². The molecule has 104 valence electrons. The number of fused-ring (bicyclic) bond motifs is 1. The number of hydrogen-bond acceptors (Lipinski definition) is 6. The Hall–Kier alpha value is -1.60. The summed E-state index contributed by atoms with van der Waals surface area (Å²) in [6.45, 7) is 2.65. The van der Waals surface area contributed by atoms with Gasteiger partial charge in [-0.05, 0) is 25.0 Å². The van der Waals surface area contributed by atoms with Crippen molar-refractivity contribution in [3.8, 4) is 0 Å². The van der Waals surface area contributed by atoms with Gasteiger partial charge in [-0.3, -0.25) is 4.79 Å². The SMILES string of the molecule is CC(Sc1nnc(N)s1)C(=O)N1CCc2ccccc21. The van der Waals surface area contributed by atoms with E-state index in [2.05, 4.69) is 16.3 Å². The smallest absolute Gasteiger partial charge is 0.240 e. The predicted molar refractivity (Wildman–Crippen MR) is 82.1 cm³/mol. The lowest BCUT2D eigenvalue weighted by Crippen LogP contribution is -2.35. The van der Waals surface area contributed by atoms with Crippen LogP contribution in [0.4, 0.5) is 10.8 Å². The first-order valence-electron chi connectivity index (χ1n) is 6.30. The average molecular weight is 306 g/mol. The van der Waals surface area contributed by atoms with Gasteiger partial charge < -0.3 is 10.6 Å². The number of benzene rings is 1. The number of thioether (sulfide) groups is 1. The molecule has 0 saturated heterocycles. The van der Waals surface area contributed by atoms with Gasteiger partial charge in [0, 0.05) is 12.2 Å². The van der Waals surface area contributed by atoms with Crippen molar-refractivity contribution in [1.29, 1.82) is 0 Å². The molecule has 0 fully saturated rings. The van der Waals surface area contributed by atoms with Gasteiger partial charge in [0.05, 0.1) is 5.25 Å². The molecule has 0 saturated carbocycles. The first-order valence-corrected chi connectivity index (χ1v) is 7.99. The molecule has 2 heterocycles. The molecule has 7 heteroatoms. The summed E-state index contributed by atoms with van der Waals surface area (Å²) in [5.74, 6) is 0.105. The summed E-state index contributed by atoms with van der Waals surface area (Å²) < 4.78 is 0.732. The topological polar surface area (TPSA) is 72.1 Å². The highest BCUT2D eigenvalue weighted by Crippen LogP contribution is 2.32. The van der Waals surface area contributed by atoms with Crippen LogP contribution >= 0.6 is 23.1 Å². The van der Waals surface area contributed by atoms with Gasteiger partial charge in [0.1, 0.15) is 0 Å². The van der Waals surface area contributed by atoms with Crippen molar-refractivity contribution in [2.75, 3.05) is 17.2 Å². The maximum absolute atomic E-state index is 12.5. The highest BCUT2D eigenvalue weighted by Gasteiger charge is 2.28. The molecule has 3 rings (SSSR count). The zero-order valence-corrected chi connectivity index (χ0v) is 12.6. The fourth-order valence-corrected chi connectivity index (χ4v) is 4.10. The maximum Gasteiger partial charge on any atom is 0.240 e. The van der Waals surface area contributed by atoms with Gasteiger partial charge in [0.2, 0.25) is 11.0 Å². The second-order valence-corrected chi connectivity index (χ2v) is 7.13. The van der Waals surface area contributed by atoms with Crippen molar-refractivity contribution in [1.82, 2.24) is 10.2 Å². The summed E-state index contributed by atoms with van der Waals surface area (Å²) >= 11 is 2.72. The molecule has 1 aliphatic rings. The summed E-state index contributed by atoms with van der Waals surface area (Å²) in [4.78, 5) is 14.4. The van der Waals surface area contributed by atoms with Gasteiger partial charge in [-0.15, -0.1) is 10.2 Å². The number of nitrogens with zero attached hydrogens (tertiary/aromatic N) is 3. The Balaban J connectivity index is 1.73. The number of rotatable bonds is 3. The summed E-state index contributed by atoms with van der Waals surface area (Å²) in [7, 11) is 0. The molecule has 1 aromatic carbocycles. The van der Waals surface area contributed by atoms with Crippen LogP contribution in [0.5, 0.6) is 0 Å². The lowest BCUT2D eigenvalue weighted by molar-refractivity contribution is -0.117. The first kappa shape index (κ1) is 13.4. The van der Waals surface area contributed by atoms with Crippen LogP contribution in [0.25, 0.3) is 0 Å². The third-order valence-corrected chi connectivity index (χ3v) is 5.12. The number of amides is 1. The number of nitrogen functional groups attached to an aromatic ring is 1. The molecular formula is C13H14N4OS2. The fraction of sp³-hybridized carbons (Fsp3) is 0.308. The van der Waals surface area contributed by atoms with E-state index in [0.717, 1.165) is 23.0 Å². The molecule has 2 N–H and O–H groups in total. The Morgan fingerprint density at radius 1 is 1.45 bits per heavy atom. The van der Waals surface area contributed by atoms with Crippen molar-refractivity contribution in [3.63, 3.8) is 0 Å². The van der Waals surface area contributed by atoms with Crippen molar-refractivity contribution in [3.05, 3.63) is 29.8 Å². The van der Waals surface area contributed by atoms with E-state index < -0.39 is 0 Å². The van der Waals surface area contributed by atoms with Gasteiger partial charge in [-0.25, -0.2) is 0 Å². The number of para-hydroxylation sites is 1. The van der Waals surface area contributed by atoms with Crippen LogP contribution in [0.3, 0.4) is 0 Å². The standard InChI is InChI=1S/C13H14N4OS2/c1-8(19-13-16-15-12(14)20-13)11(18)17-7-6-9-4-2-3-5-10(9)17/h2-5,8H,6-7H2,1H3,(H2,14,15). The lowest BCUT2D eigenvalue weighted by atomic mass is 10.2. The number of nitrogens with two attached hydrogens (primary N) is 1. The summed E-state index contributed by atoms with van der Waals surface area (Å²) in [6, 6.07) is 8.05. The second kappa shape index (κ2) is 5.41. The van der Waals surface area contributed by atoms with Crippen LogP contribution in [-0.2, 0) is 11.2 Å². The van der Waals surface area contributed by atoms with E-state index in [0.29, 0.717) is 5.13 Å². The zero-order chi connectivity index (χ0) is 14.1. The monoisotopic (exact) mass is 306 g/mol. The Kier molecular flexibility index (Phi) is 3.62. The molecular weight excluding hydrogens is 292 g/mol. The Morgan fingerprint density at radius 2 is 2.25 bits per heavy atom. The normalized spacial score (nSPS) is 15.2. The van der Waals surface area contributed by atoms with Crippen LogP contribution in [0, 0.1) is 0 Å². The highest BCUT2D eigenvalue weighted by molar-refractivity contribution is 8.02. The van der Waals surface area contributed by atoms with E-state index in [1.54, 1.807) is 0 Å². The van der Waals surface area contributed by atoms with Crippen LogP contribution in [0.1, 0.15) is 12.5 Å². The fourth-order valence-electron chi connectivity index (χ4n) is 2.26. The molecule has 2 aromatic rings. The third kappa shape index (κ3) is 2.51. The highest BCUT2D eigenvalue weighted by atomic mass is 32.2. The van der Waals surface area contributed by atoms with Crippen molar-refractivity contribution in [2.24, 2.45) is 0 Å². The van der Waals surface area contributed by atoms with E-state index in [-0.39, 0.29) is 11.2 Å². The van der Waals surface area contributed by atoms with E-state index in [1.807, 2.05) is 30.0 Å². The van der Waals surface area contributed by atoms with Crippen molar-refractivity contribution >= 4 is 39.8 Å². The second-order valence-electron chi connectivity index (χ2n) is 4.53. The molecule has 1 atom stereocenters. The zero-order valence-electron chi connectivity index (χ0n) is 10.9. The number of aromatic nitrogens is 2. The number of anilines is 2. The minimum Gasteiger partial charge on any atom is -0.374 e. The van der Waals surface area contributed by atoms with E-state index in [4.69, 9.17) is 5.73 Å². The molecule has 1 unspecified atom stereocenters. The third-order valence-electron chi connectivity index (χ3n) is 3.20. The number of carbonyl (C=O) groups excluding carboxylic acids is 1. The minimum absolute atomic E-state index is 0.105. The molecule has 20 heavy (non-hydrogen) atoms. The van der Waals surface area contributed by atoms with E-state index >= 15 is 0 Å². The van der Waals surface area contributed by atoms with Crippen molar-refractivity contribution < 1.29 is 4.79 Å². The van der Waals surface area contributed by atoms with Crippen LogP contribution in [0.15, 0.2) is 28.6 Å². The van der Waals surface area contributed by atoms with Gasteiger partial charge in [-0.1, -0.05) is 41.3 Å². The first-order chi connectivity index (χ1) is 9.65. The molecule has 1 aliphatic heterocycles. The van der Waals surface area contributed by atoms with Crippen LogP contribution in [-0.4, -0.2) is 27.9 Å². The molecule has 0 bridgehead atoms. The molecule has 1 amide bonds. The average Bonchev–Trinajstić information content (AvgIpc) is 3.04.